The van der Waals surface area contributed by atoms with E-state index in [9.17, 15) is 14.4 Å². The first kappa shape index (κ1) is 20.3. The van der Waals surface area contributed by atoms with Crippen molar-refractivity contribution in [3.8, 4) is 29.0 Å². The average molecular weight is 443 g/mol. The number of nitrogens with zero attached hydrogens (tertiary/aromatic N) is 2. The Labute approximate surface area is 190 Å². The fourth-order valence-electron chi connectivity index (χ4n) is 3.93. The maximum Gasteiger partial charge on any atom is 0.323 e. The Morgan fingerprint density at radius 2 is 2.00 bits per heavy atom. The largest absolute Gasteiger partial charge is 0.497 e. The van der Waals surface area contributed by atoms with Gasteiger partial charge in [-0.05, 0) is 29.8 Å². The molecule has 1 fully saturated rings. The quantitative estimate of drug-likeness (QED) is 0.421. The third kappa shape index (κ3) is 3.68. The number of aromatic nitrogens is 2. The molecule has 0 spiro atoms. The van der Waals surface area contributed by atoms with E-state index in [1.165, 1.54) is 12.0 Å². The van der Waals surface area contributed by atoms with Gasteiger partial charge < -0.3 is 19.9 Å². The molecule has 3 aromatic rings. The van der Waals surface area contributed by atoms with Crippen molar-refractivity contribution in [1.29, 1.82) is 0 Å². The molecule has 33 heavy (non-hydrogen) atoms. The van der Waals surface area contributed by atoms with E-state index in [0.29, 0.717) is 23.4 Å². The van der Waals surface area contributed by atoms with E-state index in [0.717, 1.165) is 17.0 Å². The lowest BCUT2D eigenvalue weighted by atomic mass is 9.99. The van der Waals surface area contributed by atoms with Crippen molar-refractivity contribution in [2.24, 2.45) is 0 Å². The van der Waals surface area contributed by atoms with Crippen molar-refractivity contribution in [2.75, 3.05) is 13.7 Å². The predicted octanol–water partition coefficient (Wildman–Crippen LogP) is 1.92. The highest BCUT2D eigenvalue weighted by Gasteiger charge is 2.48. The van der Waals surface area contributed by atoms with Gasteiger partial charge in [-0.3, -0.25) is 14.9 Å². The van der Waals surface area contributed by atoms with Gasteiger partial charge in [-0.2, -0.15) is 0 Å². The average Bonchev–Trinajstić information content (AvgIpc) is 3.52. The molecule has 1 aromatic heterocycles. The number of H-pyrrole nitrogens is 1. The SMILES string of the molecule is COc1ccc2c(c1)C(=O)N(C[C@@]1(C#Cc3ccc(-c4ncc[nH]4)cc3)NC(=O)NC1=O)C2.[HH]. The number of carbonyl (C=O) groups is 3. The molecule has 0 aliphatic carbocycles. The molecule has 0 unspecified atom stereocenters. The van der Waals surface area contributed by atoms with Crippen LogP contribution in [-0.4, -0.2) is 51.9 Å². The molecule has 9 heteroatoms. The van der Waals surface area contributed by atoms with E-state index in [1.54, 1.807) is 36.7 Å². The van der Waals surface area contributed by atoms with Crippen LogP contribution in [0.25, 0.3) is 11.4 Å². The highest BCUT2D eigenvalue weighted by molar-refractivity contribution is 6.10. The second-order valence-corrected chi connectivity index (χ2v) is 7.76. The van der Waals surface area contributed by atoms with Crippen molar-refractivity contribution in [3.63, 3.8) is 0 Å². The number of urea groups is 1. The topological polar surface area (TPSA) is 116 Å². The monoisotopic (exact) mass is 443 g/mol. The molecule has 4 amide bonds. The van der Waals surface area contributed by atoms with Gasteiger partial charge in [-0.25, -0.2) is 9.78 Å². The van der Waals surface area contributed by atoms with Crippen molar-refractivity contribution in [1.82, 2.24) is 25.5 Å². The molecule has 166 valence electrons. The molecular weight excluding hydrogens is 422 g/mol. The number of hydrogen-bond donors (Lipinski definition) is 3. The zero-order valence-electron chi connectivity index (χ0n) is 17.6. The molecule has 9 nitrogen and oxygen atoms in total. The lowest BCUT2D eigenvalue weighted by Gasteiger charge is -2.26. The number of benzene rings is 2. The maximum atomic E-state index is 13.0. The Hall–Kier alpha value is -4.58. The zero-order valence-corrected chi connectivity index (χ0v) is 17.6. The molecule has 1 saturated heterocycles. The number of hydrogen-bond acceptors (Lipinski definition) is 5. The molecule has 2 aromatic carbocycles. The fourth-order valence-corrected chi connectivity index (χ4v) is 3.93. The van der Waals surface area contributed by atoms with Crippen LogP contribution in [0.1, 0.15) is 22.9 Å². The van der Waals surface area contributed by atoms with Crippen LogP contribution in [0.5, 0.6) is 5.75 Å². The Kier molecular flexibility index (Phi) is 4.83. The van der Waals surface area contributed by atoms with Gasteiger partial charge in [-0.15, -0.1) is 0 Å². The van der Waals surface area contributed by atoms with Crippen LogP contribution in [0.4, 0.5) is 4.79 Å². The minimum Gasteiger partial charge on any atom is -0.497 e. The summed E-state index contributed by atoms with van der Waals surface area (Å²) in [5, 5.41) is 4.85. The van der Waals surface area contributed by atoms with Gasteiger partial charge in [0.15, 0.2) is 0 Å². The normalized spacial score (nSPS) is 18.9. The van der Waals surface area contributed by atoms with Crippen molar-refractivity contribution < 1.29 is 20.5 Å². The van der Waals surface area contributed by atoms with Crippen LogP contribution in [0, 0.1) is 11.8 Å². The van der Waals surface area contributed by atoms with Gasteiger partial charge in [0.05, 0.1) is 13.7 Å². The molecule has 2 aliphatic rings. The molecule has 0 bridgehead atoms. The Morgan fingerprint density at radius 1 is 1.18 bits per heavy atom. The summed E-state index contributed by atoms with van der Waals surface area (Å²) in [5.74, 6) is 6.34. The fraction of sp³-hybridized carbons (Fsp3) is 0.167. The van der Waals surface area contributed by atoms with Crippen molar-refractivity contribution >= 4 is 17.8 Å². The number of imidazole rings is 1. The van der Waals surface area contributed by atoms with Gasteiger partial charge in [0.1, 0.15) is 11.6 Å². The summed E-state index contributed by atoms with van der Waals surface area (Å²) in [6, 6.07) is 11.9. The van der Waals surface area contributed by atoms with E-state index in [-0.39, 0.29) is 13.9 Å². The lowest BCUT2D eigenvalue weighted by Crippen LogP contribution is -2.54. The van der Waals surface area contributed by atoms with Crippen LogP contribution in [0.3, 0.4) is 0 Å². The minimum atomic E-state index is -1.56. The van der Waals surface area contributed by atoms with Gasteiger partial charge in [-0.1, -0.05) is 30.0 Å². The Balaban J connectivity index is 0.00000274. The standard InChI is InChI=1S/C24H19N5O4.H2/c1-33-18-7-6-17-13-29(21(30)19(17)12-18)14-24(22(31)27-23(32)28-24)9-8-15-2-4-16(5-3-15)20-25-10-11-26-20;/h2-7,10-12H,13-14H2,1H3,(H,25,26)(H2,27,28,31,32);1H/t24-;/m1./s1. The summed E-state index contributed by atoms with van der Waals surface area (Å²) in [6.07, 6.45) is 3.41. The highest BCUT2D eigenvalue weighted by Crippen LogP contribution is 2.28. The molecular formula is C24H21N5O4. The van der Waals surface area contributed by atoms with E-state index < -0.39 is 17.5 Å². The second-order valence-electron chi connectivity index (χ2n) is 7.76. The number of fused-ring (bicyclic) bond motifs is 1. The van der Waals surface area contributed by atoms with Crippen molar-refractivity contribution in [3.05, 3.63) is 71.5 Å². The number of rotatable bonds is 4. The number of imide groups is 1. The molecule has 0 radical (unpaired) electrons. The van der Waals surface area contributed by atoms with Gasteiger partial charge in [0.25, 0.3) is 11.8 Å². The van der Waals surface area contributed by atoms with Gasteiger partial charge in [0.2, 0.25) is 5.54 Å². The van der Waals surface area contributed by atoms with E-state index >= 15 is 0 Å². The molecule has 3 heterocycles. The first-order chi connectivity index (χ1) is 16.0. The van der Waals surface area contributed by atoms with E-state index in [1.807, 2.05) is 18.2 Å². The third-order valence-corrected chi connectivity index (χ3v) is 5.64. The smallest absolute Gasteiger partial charge is 0.323 e. The lowest BCUT2D eigenvalue weighted by molar-refractivity contribution is -0.122. The molecule has 1 atom stereocenters. The third-order valence-electron chi connectivity index (χ3n) is 5.64. The number of carbonyl (C=O) groups excluding carboxylic acids is 3. The van der Waals surface area contributed by atoms with Crippen LogP contribution >= 0.6 is 0 Å². The predicted molar refractivity (Wildman–Crippen MR) is 120 cm³/mol. The first-order valence-corrected chi connectivity index (χ1v) is 10.2. The number of methoxy groups -OCH3 is 1. The van der Waals surface area contributed by atoms with Crippen LogP contribution in [0.15, 0.2) is 54.9 Å². The molecule has 0 saturated carbocycles. The number of ether oxygens (including phenoxy) is 1. The zero-order chi connectivity index (χ0) is 23.0. The summed E-state index contributed by atoms with van der Waals surface area (Å²) in [6.45, 7) is 0.223. The summed E-state index contributed by atoms with van der Waals surface area (Å²) in [7, 11) is 1.53. The Morgan fingerprint density at radius 3 is 2.67 bits per heavy atom. The van der Waals surface area contributed by atoms with E-state index in [2.05, 4.69) is 32.4 Å². The van der Waals surface area contributed by atoms with Crippen LogP contribution in [-0.2, 0) is 11.3 Å². The maximum absolute atomic E-state index is 13.0. The molecule has 5 rings (SSSR count). The van der Waals surface area contributed by atoms with Crippen molar-refractivity contribution in [2.45, 2.75) is 12.1 Å². The summed E-state index contributed by atoms with van der Waals surface area (Å²) >= 11 is 0. The summed E-state index contributed by atoms with van der Waals surface area (Å²) in [5.41, 5.74) is 1.32. The summed E-state index contributed by atoms with van der Waals surface area (Å²) in [4.78, 5) is 46.4. The number of amides is 4. The van der Waals surface area contributed by atoms with Gasteiger partial charge in [0, 0.05) is 37.1 Å². The first-order valence-electron chi connectivity index (χ1n) is 10.2. The number of aromatic amines is 1. The number of nitrogens with one attached hydrogen (secondary N) is 3. The van der Waals surface area contributed by atoms with E-state index in [4.69, 9.17) is 4.74 Å². The second kappa shape index (κ2) is 7.84. The van der Waals surface area contributed by atoms with Gasteiger partial charge >= 0.3 is 6.03 Å². The minimum absolute atomic E-state index is 0. The van der Waals surface area contributed by atoms with Crippen LogP contribution < -0.4 is 15.4 Å². The molecule has 3 N–H and O–H groups in total. The summed E-state index contributed by atoms with van der Waals surface area (Å²) < 4.78 is 5.21. The Bertz CT molecular complexity index is 1330. The highest BCUT2D eigenvalue weighted by atomic mass is 16.5. The molecule has 2 aliphatic heterocycles. The van der Waals surface area contributed by atoms with Crippen LogP contribution in [0.2, 0.25) is 0 Å².